The lowest BCUT2D eigenvalue weighted by Crippen LogP contribution is -2.02. The normalized spacial score (nSPS) is 11.2. The van der Waals surface area contributed by atoms with Crippen LogP contribution in [0.1, 0.15) is 21.5 Å². The molecule has 0 aliphatic heterocycles. The molecule has 0 aromatic heterocycles. The first-order valence-electron chi connectivity index (χ1n) is 7.93. The lowest BCUT2D eigenvalue weighted by Gasteiger charge is -2.09. The number of carbonyl (C=O) groups is 1. The van der Waals surface area contributed by atoms with Crippen molar-refractivity contribution in [2.24, 2.45) is 0 Å². The number of hydrogen-bond donors (Lipinski definition) is 0. The SMILES string of the molecule is COc1ccc2ccccc2c1/C=C(\C#N)C(=O)c1cccc(C)c1. The van der Waals surface area contributed by atoms with Crippen molar-refractivity contribution in [2.45, 2.75) is 6.92 Å². The van der Waals surface area contributed by atoms with E-state index in [1.165, 1.54) is 0 Å². The van der Waals surface area contributed by atoms with Crippen molar-refractivity contribution in [3.05, 3.63) is 82.9 Å². The Labute approximate surface area is 146 Å². The van der Waals surface area contributed by atoms with Crippen LogP contribution in [0, 0.1) is 18.3 Å². The number of aryl methyl sites for hydroxylation is 1. The molecule has 0 amide bonds. The molecule has 0 fully saturated rings. The summed E-state index contributed by atoms with van der Waals surface area (Å²) in [6.07, 6.45) is 1.62. The number of hydrogen-bond acceptors (Lipinski definition) is 3. The van der Waals surface area contributed by atoms with Gasteiger partial charge in [-0.3, -0.25) is 4.79 Å². The van der Waals surface area contributed by atoms with Gasteiger partial charge in [-0.1, -0.05) is 54.1 Å². The number of fused-ring (bicyclic) bond motifs is 1. The Morgan fingerprint density at radius 1 is 1.08 bits per heavy atom. The molecule has 0 spiro atoms. The smallest absolute Gasteiger partial charge is 0.203 e. The molecule has 0 saturated carbocycles. The Morgan fingerprint density at radius 3 is 2.60 bits per heavy atom. The highest BCUT2D eigenvalue weighted by Gasteiger charge is 2.15. The Hall–Kier alpha value is -3.38. The number of carbonyl (C=O) groups excluding carboxylic acids is 1. The quantitative estimate of drug-likeness (QED) is 0.387. The molecule has 0 unspecified atom stereocenters. The second kappa shape index (κ2) is 7.02. The first-order valence-corrected chi connectivity index (χ1v) is 7.93. The molecule has 0 bridgehead atoms. The van der Waals surface area contributed by atoms with Crippen molar-refractivity contribution >= 4 is 22.6 Å². The second-order valence-corrected chi connectivity index (χ2v) is 5.77. The van der Waals surface area contributed by atoms with Crippen LogP contribution in [-0.2, 0) is 0 Å². The van der Waals surface area contributed by atoms with Crippen molar-refractivity contribution < 1.29 is 9.53 Å². The van der Waals surface area contributed by atoms with Crippen molar-refractivity contribution in [3.8, 4) is 11.8 Å². The standard InChI is InChI=1S/C22H17NO2/c1-15-6-5-8-17(12-15)22(24)18(14-23)13-20-19-9-4-3-7-16(19)10-11-21(20)25-2/h3-13H,1-2H3/b18-13+. The van der Waals surface area contributed by atoms with Gasteiger partial charge in [0.25, 0.3) is 0 Å². The third-order valence-corrected chi connectivity index (χ3v) is 4.08. The maximum Gasteiger partial charge on any atom is 0.203 e. The highest BCUT2D eigenvalue weighted by atomic mass is 16.5. The summed E-state index contributed by atoms with van der Waals surface area (Å²) in [6.45, 7) is 1.92. The van der Waals surface area contributed by atoms with Gasteiger partial charge in [0, 0.05) is 11.1 Å². The number of allylic oxidation sites excluding steroid dienone is 1. The third kappa shape index (κ3) is 3.29. The number of ketones is 1. The summed E-state index contributed by atoms with van der Waals surface area (Å²) in [5.41, 5.74) is 2.30. The summed E-state index contributed by atoms with van der Waals surface area (Å²) < 4.78 is 5.44. The lowest BCUT2D eigenvalue weighted by molar-refractivity contribution is 0.104. The van der Waals surface area contributed by atoms with Gasteiger partial charge in [-0.2, -0.15) is 5.26 Å². The van der Waals surface area contributed by atoms with E-state index in [0.717, 1.165) is 21.9 Å². The molecular weight excluding hydrogens is 310 g/mol. The fourth-order valence-electron chi connectivity index (χ4n) is 2.84. The van der Waals surface area contributed by atoms with E-state index in [-0.39, 0.29) is 11.4 Å². The van der Waals surface area contributed by atoms with E-state index in [1.807, 2.05) is 61.5 Å². The van der Waals surface area contributed by atoms with Crippen LogP contribution in [0.5, 0.6) is 5.75 Å². The van der Waals surface area contributed by atoms with E-state index in [9.17, 15) is 10.1 Å². The van der Waals surface area contributed by atoms with Crippen LogP contribution in [0.2, 0.25) is 0 Å². The van der Waals surface area contributed by atoms with E-state index in [2.05, 4.69) is 0 Å². The topological polar surface area (TPSA) is 50.1 Å². The van der Waals surface area contributed by atoms with Gasteiger partial charge >= 0.3 is 0 Å². The second-order valence-electron chi connectivity index (χ2n) is 5.77. The average Bonchev–Trinajstić information content (AvgIpc) is 2.65. The van der Waals surface area contributed by atoms with Gasteiger partial charge in [-0.25, -0.2) is 0 Å². The highest BCUT2D eigenvalue weighted by molar-refractivity contribution is 6.15. The number of ether oxygens (including phenoxy) is 1. The van der Waals surface area contributed by atoms with Gasteiger partial charge in [0.2, 0.25) is 5.78 Å². The molecule has 25 heavy (non-hydrogen) atoms. The van der Waals surface area contributed by atoms with Crippen molar-refractivity contribution in [1.82, 2.24) is 0 Å². The monoisotopic (exact) mass is 327 g/mol. The Morgan fingerprint density at radius 2 is 1.88 bits per heavy atom. The molecule has 0 aliphatic rings. The number of methoxy groups -OCH3 is 1. The summed E-state index contributed by atoms with van der Waals surface area (Å²) in [5.74, 6) is 0.338. The maximum atomic E-state index is 12.7. The summed E-state index contributed by atoms with van der Waals surface area (Å²) in [5, 5.41) is 11.5. The molecule has 3 nitrogen and oxygen atoms in total. The zero-order valence-electron chi connectivity index (χ0n) is 14.1. The predicted molar refractivity (Wildman–Crippen MR) is 99.6 cm³/mol. The van der Waals surface area contributed by atoms with Gasteiger partial charge in [0.05, 0.1) is 7.11 Å². The van der Waals surface area contributed by atoms with E-state index in [4.69, 9.17) is 4.74 Å². The molecule has 122 valence electrons. The third-order valence-electron chi connectivity index (χ3n) is 4.08. The van der Waals surface area contributed by atoms with Crippen LogP contribution < -0.4 is 4.74 Å². The first kappa shape index (κ1) is 16.5. The number of nitrogens with zero attached hydrogens (tertiary/aromatic N) is 1. The summed E-state index contributed by atoms with van der Waals surface area (Å²) >= 11 is 0. The van der Waals surface area contributed by atoms with Gasteiger partial charge < -0.3 is 4.74 Å². The zero-order valence-corrected chi connectivity index (χ0v) is 14.1. The van der Waals surface area contributed by atoms with Crippen LogP contribution in [-0.4, -0.2) is 12.9 Å². The van der Waals surface area contributed by atoms with E-state index in [1.54, 1.807) is 25.3 Å². The van der Waals surface area contributed by atoms with Crippen LogP contribution in [0.3, 0.4) is 0 Å². The molecule has 0 atom stereocenters. The van der Waals surface area contributed by atoms with Crippen molar-refractivity contribution in [1.29, 1.82) is 5.26 Å². The highest BCUT2D eigenvalue weighted by Crippen LogP contribution is 2.30. The zero-order chi connectivity index (χ0) is 17.8. The van der Waals surface area contributed by atoms with E-state index in [0.29, 0.717) is 11.3 Å². The predicted octanol–water partition coefficient (Wildman–Crippen LogP) is 4.95. The van der Waals surface area contributed by atoms with Crippen LogP contribution in [0.15, 0.2) is 66.2 Å². The Bertz CT molecular complexity index is 1030. The minimum Gasteiger partial charge on any atom is -0.496 e. The van der Waals surface area contributed by atoms with Gasteiger partial charge in [0.15, 0.2) is 0 Å². The fraction of sp³-hybridized carbons (Fsp3) is 0.0909. The number of rotatable bonds is 4. The minimum atomic E-state index is -0.291. The largest absolute Gasteiger partial charge is 0.496 e. The van der Waals surface area contributed by atoms with E-state index < -0.39 is 0 Å². The molecule has 0 aliphatic carbocycles. The number of benzene rings is 3. The molecule has 3 rings (SSSR count). The van der Waals surface area contributed by atoms with Crippen molar-refractivity contribution in [3.63, 3.8) is 0 Å². The Balaban J connectivity index is 2.16. The van der Waals surface area contributed by atoms with Gasteiger partial charge in [0.1, 0.15) is 17.4 Å². The number of nitriles is 1. The molecule has 0 N–H and O–H groups in total. The summed E-state index contributed by atoms with van der Waals surface area (Å²) in [4.78, 5) is 12.7. The van der Waals surface area contributed by atoms with Crippen LogP contribution >= 0.6 is 0 Å². The van der Waals surface area contributed by atoms with E-state index >= 15 is 0 Å². The molecule has 0 radical (unpaired) electrons. The summed E-state index contributed by atoms with van der Waals surface area (Å²) in [7, 11) is 1.58. The molecular formula is C22H17NO2. The average molecular weight is 327 g/mol. The number of Topliss-reactive ketones (excluding diaryl/α,β-unsaturated/α-hetero) is 1. The lowest BCUT2D eigenvalue weighted by atomic mass is 9.97. The van der Waals surface area contributed by atoms with Crippen LogP contribution in [0.4, 0.5) is 0 Å². The molecule has 3 heteroatoms. The fourth-order valence-corrected chi connectivity index (χ4v) is 2.84. The molecule has 3 aromatic rings. The van der Waals surface area contributed by atoms with Crippen molar-refractivity contribution in [2.75, 3.05) is 7.11 Å². The minimum absolute atomic E-state index is 0.0836. The first-order chi connectivity index (χ1) is 12.1. The molecule has 0 saturated heterocycles. The Kier molecular flexibility index (Phi) is 4.63. The molecule has 3 aromatic carbocycles. The molecule has 0 heterocycles. The van der Waals surface area contributed by atoms with Gasteiger partial charge in [-0.05, 0) is 35.9 Å². The van der Waals surface area contributed by atoms with Crippen LogP contribution in [0.25, 0.3) is 16.8 Å². The summed E-state index contributed by atoms with van der Waals surface area (Å²) in [6, 6.07) is 20.9. The maximum absolute atomic E-state index is 12.7. The van der Waals surface area contributed by atoms with Gasteiger partial charge in [-0.15, -0.1) is 0 Å².